The average Bonchev–Trinajstić information content (AvgIpc) is 3.10. The highest BCUT2D eigenvalue weighted by molar-refractivity contribution is 5.83. The van der Waals surface area contributed by atoms with Crippen molar-refractivity contribution in [2.45, 2.75) is 13.5 Å². The van der Waals surface area contributed by atoms with Crippen molar-refractivity contribution in [1.29, 1.82) is 0 Å². The first-order chi connectivity index (χ1) is 12.8. The number of hydrogen-bond acceptors (Lipinski definition) is 8. The number of fused-ring (bicyclic) bond motifs is 1. The largest absolute Gasteiger partial charge is 0.383 e. The summed E-state index contributed by atoms with van der Waals surface area (Å²) in [6.07, 6.45) is 3.42. The first kappa shape index (κ1) is 16.6. The Morgan fingerprint density at radius 3 is 2.54 bits per heavy atom. The molecule has 9 heteroatoms. The maximum absolute atomic E-state index is 5.15. The van der Waals surface area contributed by atoms with Gasteiger partial charge in [-0.05, 0) is 19.1 Å². The molecule has 26 heavy (non-hydrogen) atoms. The van der Waals surface area contributed by atoms with Crippen molar-refractivity contribution >= 4 is 22.8 Å². The van der Waals surface area contributed by atoms with Gasteiger partial charge in [-0.25, -0.2) is 15.0 Å². The molecule has 0 unspecified atom stereocenters. The Labute approximate surface area is 151 Å². The molecule has 3 aromatic heterocycles. The molecule has 0 N–H and O–H groups in total. The predicted molar refractivity (Wildman–Crippen MR) is 98.4 cm³/mol. The summed E-state index contributed by atoms with van der Waals surface area (Å²) < 4.78 is 7.15. The zero-order valence-corrected chi connectivity index (χ0v) is 15.0. The summed E-state index contributed by atoms with van der Waals surface area (Å²) in [5, 5.41) is 8.44. The van der Waals surface area contributed by atoms with Crippen molar-refractivity contribution < 1.29 is 4.74 Å². The summed E-state index contributed by atoms with van der Waals surface area (Å²) in [6.45, 7) is 6.74. The second-order valence-corrected chi connectivity index (χ2v) is 6.31. The summed E-state index contributed by atoms with van der Waals surface area (Å²) in [5.41, 5.74) is 2.62. The van der Waals surface area contributed by atoms with Crippen LogP contribution in [0.5, 0.6) is 0 Å². The van der Waals surface area contributed by atoms with Crippen LogP contribution in [0.15, 0.2) is 24.8 Å². The number of aromatic nitrogens is 6. The molecule has 1 fully saturated rings. The van der Waals surface area contributed by atoms with Crippen molar-refractivity contribution in [3.63, 3.8) is 0 Å². The van der Waals surface area contributed by atoms with Crippen LogP contribution in [0.4, 0.5) is 11.6 Å². The molecule has 0 aromatic carbocycles. The van der Waals surface area contributed by atoms with E-state index in [-0.39, 0.29) is 0 Å². The average molecular weight is 354 g/mol. The quantitative estimate of drug-likeness (QED) is 0.668. The van der Waals surface area contributed by atoms with Gasteiger partial charge in [0, 0.05) is 39.8 Å². The minimum atomic E-state index is 0.626. The van der Waals surface area contributed by atoms with Crippen molar-refractivity contribution in [2.24, 2.45) is 0 Å². The van der Waals surface area contributed by atoms with E-state index >= 15 is 0 Å². The standard InChI is InChI=1S/C17H22N8O/c1-13-3-4-14(22-21-13)23-5-7-24(8-6-23)16-15-17(19-11-18-16)25(12-20-15)9-10-26-2/h3-4,11-12H,5-10H2,1-2H3. The fourth-order valence-electron chi connectivity index (χ4n) is 3.16. The van der Waals surface area contributed by atoms with Crippen LogP contribution in [-0.4, -0.2) is 69.6 Å². The smallest absolute Gasteiger partial charge is 0.165 e. The van der Waals surface area contributed by atoms with Gasteiger partial charge < -0.3 is 19.1 Å². The summed E-state index contributed by atoms with van der Waals surface area (Å²) in [6, 6.07) is 4.02. The highest BCUT2D eigenvalue weighted by Gasteiger charge is 2.22. The summed E-state index contributed by atoms with van der Waals surface area (Å²) in [7, 11) is 1.69. The van der Waals surface area contributed by atoms with Crippen molar-refractivity contribution in [3.8, 4) is 0 Å². The molecular formula is C17H22N8O. The van der Waals surface area contributed by atoms with Crippen LogP contribution in [-0.2, 0) is 11.3 Å². The van der Waals surface area contributed by atoms with E-state index in [9.17, 15) is 0 Å². The van der Waals surface area contributed by atoms with Crippen LogP contribution in [0.2, 0.25) is 0 Å². The number of piperazine rings is 1. The van der Waals surface area contributed by atoms with Gasteiger partial charge in [0.05, 0.1) is 18.6 Å². The number of aryl methyl sites for hydroxylation is 1. The molecule has 0 atom stereocenters. The van der Waals surface area contributed by atoms with E-state index in [1.807, 2.05) is 23.6 Å². The maximum Gasteiger partial charge on any atom is 0.165 e. The minimum absolute atomic E-state index is 0.626. The monoisotopic (exact) mass is 354 g/mol. The van der Waals surface area contributed by atoms with Crippen LogP contribution < -0.4 is 9.80 Å². The lowest BCUT2D eigenvalue weighted by Gasteiger charge is -2.35. The van der Waals surface area contributed by atoms with Crippen LogP contribution in [0.1, 0.15) is 5.69 Å². The molecule has 0 spiro atoms. The lowest BCUT2D eigenvalue weighted by atomic mass is 10.3. The Morgan fingerprint density at radius 2 is 1.81 bits per heavy atom. The molecule has 1 aliphatic rings. The molecule has 4 heterocycles. The van der Waals surface area contributed by atoms with Crippen molar-refractivity contribution in [2.75, 3.05) is 49.7 Å². The van der Waals surface area contributed by atoms with Crippen LogP contribution in [0.25, 0.3) is 11.2 Å². The topological polar surface area (TPSA) is 85.1 Å². The number of anilines is 2. The molecule has 1 saturated heterocycles. The molecule has 0 aliphatic carbocycles. The summed E-state index contributed by atoms with van der Waals surface area (Å²) >= 11 is 0. The Bertz CT molecular complexity index is 870. The highest BCUT2D eigenvalue weighted by Crippen LogP contribution is 2.23. The van der Waals surface area contributed by atoms with Gasteiger partial charge in [-0.1, -0.05) is 0 Å². The number of imidazole rings is 1. The molecular weight excluding hydrogens is 332 g/mol. The number of methoxy groups -OCH3 is 1. The molecule has 0 amide bonds. The van der Waals surface area contributed by atoms with Gasteiger partial charge in [0.25, 0.3) is 0 Å². The van der Waals surface area contributed by atoms with Crippen molar-refractivity contribution in [3.05, 3.63) is 30.5 Å². The van der Waals surface area contributed by atoms with Gasteiger partial charge in [0.1, 0.15) is 6.33 Å². The van der Waals surface area contributed by atoms with Gasteiger partial charge in [-0.3, -0.25) is 0 Å². The van der Waals surface area contributed by atoms with E-state index in [1.54, 1.807) is 19.8 Å². The number of ether oxygens (including phenoxy) is 1. The molecule has 0 saturated carbocycles. The highest BCUT2D eigenvalue weighted by atomic mass is 16.5. The SMILES string of the molecule is COCCn1cnc2c(N3CCN(c4ccc(C)nn4)CC3)ncnc21. The minimum Gasteiger partial charge on any atom is -0.383 e. The van der Waals surface area contributed by atoms with Gasteiger partial charge in [0.2, 0.25) is 0 Å². The Kier molecular flexibility index (Phi) is 4.61. The van der Waals surface area contributed by atoms with Gasteiger partial charge in [-0.15, -0.1) is 5.10 Å². The van der Waals surface area contributed by atoms with E-state index in [4.69, 9.17) is 4.74 Å². The van der Waals surface area contributed by atoms with Crippen LogP contribution in [0, 0.1) is 6.92 Å². The first-order valence-electron chi connectivity index (χ1n) is 8.71. The van der Waals surface area contributed by atoms with E-state index in [0.29, 0.717) is 6.61 Å². The lowest BCUT2D eigenvalue weighted by Crippen LogP contribution is -2.47. The van der Waals surface area contributed by atoms with Gasteiger partial charge in [0.15, 0.2) is 22.8 Å². The molecule has 0 bridgehead atoms. The molecule has 4 rings (SSSR count). The summed E-state index contributed by atoms with van der Waals surface area (Å²) in [4.78, 5) is 17.9. The third-order valence-electron chi connectivity index (χ3n) is 4.61. The molecule has 9 nitrogen and oxygen atoms in total. The zero-order chi connectivity index (χ0) is 17.9. The predicted octanol–water partition coefficient (Wildman–Crippen LogP) is 0.898. The van der Waals surface area contributed by atoms with E-state index in [2.05, 4.69) is 34.9 Å². The summed E-state index contributed by atoms with van der Waals surface area (Å²) in [5.74, 6) is 1.81. The second-order valence-electron chi connectivity index (χ2n) is 6.31. The lowest BCUT2D eigenvalue weighted by molar-refractivity contribution is 0.188. The van der Waals surface area contributed by atoms with Gasteiger partial charge >= 0.3 is 0 Å². The Hall–Kier alpha value is -2.81. The normalized spacial score (nSPS) is 15.0. The third kappa shape index (κ3) is 3.17. The van der Waals surface area contributed by atoms with Gasteiger partial charge in [-0.2, -0.15) is 5.10 Å². The van der Waals surface area contributed by atoms with Crippen molar-refractivity contribution in [1.82, 2.24) is 29.7 Å². The zero-order valence-electron chi connectivity index (χ0n) is 15.0. The fraction of sp³-hybridized carbons (Fsp3) is 0.471. The second kappa shape index (κ2) is 7.20. The fourth-order valence-corrected chi connectivity index (χ4v) is 3.16. The van der Waals surface area contributed by atoms with E-state index in [1.165, 1.54) is 0 Å². The molecule has 0 radical (unpaired) electrons. The third-order valence-corrected chi connectivity index (χ3v) is 4.61. The van der Waals surface area contributed by atoms with E-state index < -0.39 is 0 Å². The molecule has 1 aliphatic heterocycles. The van der Waals surface area contributed by atoms with Crippen LogP contribution in [0.3, 0.4) is 0 Å². The maximum atomic E-state index is 5.15. The molecule has 136 valence electrons. The van der Waals surface area contributed by atoms with Crippen LogP contribution >= 0.6 is 0 Å². The number of nitrogens with zero attached hydrogens (tertiary/aromatic N) is 8. The number of hydrogen-bond donors (Lipinski definition) is 0. The first-order valence-corrected chi connectivity index (χ1v) is 8.71. The van der Waals surface area contributed by atoms with E-state index in [0.717, 1.165) is 61.2 Å². The molecule has 3 aromatic rings. The number of rotatable bonds is 5. The Balaban J connectivity index is 1.50. The Morgan fingerprint density at radius 1 is 1.00 bits per heavy atom.